The van der Waals surface area contributed by atoms with E-state index in [4.69, 9.17) is 0 Å². The normalized spacial score (nSPS) is 18.4. The van der Waals surface area contributed by atoms with Gasteiger partial charge in [0, 0.05) is 5.56 Å². The molecule has 2 heterocycles. The second-order valence-corrected chi connectivity index (χ2v) is 9.94. The summed E-state index contributed by atoms with van der Waals surface area (Å²) in [4.78, 5) is 6.38. The number of hydrogen-bond acceptors (Lipinski definition) is 7. The molecule has 1 unspecified atom stereocenters. The van der Waals surface area contributed by atoms with Crippen LogP contribution in [0.15, 0.2) is 81.9 Å². The van der Waals surface area contributed by atoms with E-state index >= 15 is 0 Å². The molecule has 0 bridgehead atoms. The number of thioether (sulfide) groups is 1. The van der Waals surface area contributed by atoms with E-state index in [0.717, 1.165) is 16.8 Å². The number of hydrazine groups is 1. The van der Waals surface area contributed by atoms with E-state index in [2.05, 4.69) is 25.4 Å². The minimum absolute atomic E-state index is 0.0410. The average molecular weight is 557 g/mol. The fraction of sp³-hybridized carbons (Fsp3) is 0.222. The Balaban J connectivity index is 1.19. The van der Waals surface area contributed by atoms with Gasteiger partial charge in [-0.15, -0.1) is 18.3 Å². The molecule has 2 aliphatic heterocycles. The Morgan fingerprint density at radius 1 is 1.08 bits per heavy atom. The van der Waals surface area contributed by atoms with E-state index in [9.17, 15) is 17.6 Å². The SMILES string of the molecule is CC(C)c1c(F)cccc1N1CS/C1=N\N=C\c1ccc(C2N=CN(c3ccc(OC(F)(F)F)cc3)N2)cc1. The van der Waals surface area contributed by atoms with Gasteiger partial charge in [0.15, 0.2) is 5.17 Å². The van der Waals surface area contributed by atoms with Gasteiger partial charge in [0.25, 0.3) is 0 Å². The molecule has 39 heavy (non-hydrogen) atoms. The first-order valence-electron chi connectivity index (χ1n) is 12.0. The summed E-state index contributed by atoms with van der Waals surface area (Å²) in [6.45, 7) is 3.93. The zero-order chi connectivity index (χ0) is 27.6. The van der Waals surface area contributed by atoms with Gasteiger partial charge in [-0.2, -0.15) is 10.5 Å². The van der Waals surface area contributed by atoms with E-state index in [0.29, 0.717) is 22.3 Å². The van der Waals surface area contributed by atoms with Gasteiger partial charge < -0.3 is 9.64 Å². The molecule has 202 valence electrons. The molecule has 0 spiro atoms. The molecule has 0 aromatic heterocycles. The van der Waals surface area contributed by atoms with Gasteiger partial charge in [-0.05, 0) is 53.4 Å². The van der Waals surface area contributed by atoms with Crippen LogP contribution >= 0.6 is 11.8 Å². The molecule has 7 nitrogen and oxygen atoms in total. The van der Waals surface area contributed by atoms with E-state index in [1.165, 1.54) is 30.3 Å². The van der Waals surface area contributed by atoms with Crippen LogP contribution in [-0.2, 0) is 0 Å². The molecular formula is C27H24F4N6OS. The van der Waals surface area contributed by atoms with Gasteiger partial charge in [-0.3, -0.25) is 5.01 Å². The van der Waals surface area contributed by atoms with E-state index < -0.39 is 6.36 Å². The number of anilines is 2. The van der Waals surface area contributed by atoms with Crippen molar-refractivity contribution in [2.75, 3.05) is 15.8 Å². The van der Waals surface area contributed by atoms with Crippen LogP contribution < -0.4 is 20.1 Å². The van der Waals surface area contributed by atoms with Crippen molar-refractivity contribution in [3.8, 4) is 5.75 Å². The average Bonchev–Trinajstić information content (AvgIpc) is 3.36. The number of ether oxygens (including phenoxy) is 1. The highest BCUT2D eigenvalue weighted by molar-refractivity contribution is 8.16. The minimum Gasteiger partial charge on any atom is -0.406 e. The Morgan fingerprint density at radius 3 is 2.46 bits per heavy atom. The maximum atomic E-state index is 14.4. The predicted octanol–water partition coefficient (Wildman–Crippen LogP) is 6.80. The van der Waals surface area contributed by atoms with Gasteiger partial charge in [0.05, 0.1) is 23.5 Å². The number of halogens is 4. The van der Waals surface area contributed by atoms with Crippen LogP contribution in [-0.4, -0.2) is 30.0 Å². The Bertz CT molecular complexity index is 1410. The number of nitrogens with one attached hydrogen (secondary N) is 1. The van der Waals surface area contributed by atoms with Crippen LogP contribution in [0.25, 0.3) is 0 Å². The summed E-state index contributed by atoms with van der Waals surface area (Å²) in [5.74, 6) is 0.210. The number of rotatable bonds is 7. The fourth-order valence-electron chi connectivity index (χ4n) is 4.13. The Morgan fingerprint density at radius 2 is 1.82 bits per heavy atom. The number of alkyl halides is 3. The second kappa shape index (κ2) is 11.1. The Labute approximate surface area is 226 Å². The predicted molar refractivity (Wildman–Crippen MR) is 147 cm³/mol. The van der Waals surface area contributed by atoms with Crippen molar-refractivity contribution in [1.82, 2.24) is 5.43 Å². The van der Waals surface area contributed by atoms with Gasteiger partial charge in [-0.1, -0.05) is 55.9 Å². The summed E-state index contributed by atoms with van der Waals surface area (Å²) in [5.41, 5.74) is 7.00. The summed E-state index contributed by atoms with van der Waals surface area (Å²) in [6.07, 6.45) is -1.88. The first-order valence-corrected chi connectivity index (χ1v) is 13.0. The molecule has 2 aliphatic rings. The third-order valence-corrected chi connectivity index (χ3v) is 6.94. The van der Waals surface area contributed by atoms with Crippen LogP contribution in [0.4, 0.5) is 28.9 Å². The van der Waals surface area contributed by atoms with Crippen LogP contribution in [0, 0.1) is 5.82 Å². The van der Waals surface area contributed by atoms with Crippen LogP contribution in [0.5, 0.6) is 5.75 Å². The molecule has 1 fully saturated rings. The van der Waals surface area contributed by atoms with Crippen LogP contribution in [0.1, 0.15) is 42.6 Å². The fourth-order valence-corrected chi connectivity index (χ4v) is 4.84. The Kier molecular flexibility index (Phi) is 7.58. The van der Waals surface area contributed by atoms with Crippen molar-refractivity contribution in [2.24, 2.45) is 15.2 Å². The van der Waals surface area contributed by atoms with Gasteiger partial charge >= 0.3 is 6.36 Å². The Hall–Kier alpha value is -3.90. The molecular weight excluding hydrogens is 532 g/mol. The van der Waals surface area contributed by atoms with Crippen molar-refractivity contribution >= 4 is 40.9 Å². The third-order valence-electron chi connectivity index (χ3n) is 6.00. The lowest BCUT2D eigenvalue weighted by atomic mass is 10.00. The zero-order valence-corrected chi connectivity index (χ0v) is 21.7. The van der Waals surface area contributed by atoms with Crippen molar-refractivity contribution in [2.45, 2.75) is 32.3 Å². The first kappa shape index (κ1) is 26.7. The molecule has 1 atom stereocenters. The van der Waals surface area contributed by atoms with Crippen LogP contribution in [0.3, 0.4) is 0 Å². The maximum absolute atomic E-state index is 14.4. The molecule has 0 radical (unpaired) electrons. The molecule has 1 N–H and O–H groups in total. The molecule has 0 saturated carbocycles. The number of aliphatic imine (C=N–C) groups is 1. The molecule has 12 heteroatoms. The van der Waals surface area contributed by atoms with Crippen molar-refractivity contribution in [3.63, 3.8) is 0 Å². The number of amidine groups is 1. The summed E-state index contributed by atoms with van der Waals surface area (Å²) < 4.78 is 55.4. The number of benzene rings is 3. The highest BCUT2D eigenvalue weighted by Gasteiger charge is 2.31. The molecule has 3 aromatic rings. The lowest BCUT2D eigenvalue weighted by molar-refractivity contribution is -0.274. The smallest absolute Gasteiger partial charge is 0.406 e. The maximum Gasteiger partial charge on any atom is 0.573 e. The van der Waals surface area contributed by atoms with Gasteiger partial charge in [0.2, 0.25) is 0 Å². The number of nitrogens with zero attached hydrogens (tertiary/aromatic N) is 5. The molecule has 0 aliphatic carbocycles. The standard InChI is InChI=1S/C27H24F4N6OS/c1-17(2)24-22(28)4-3-5-23(24)36-16-39-26(36)34-33-14-18-6-8-19(9-7-18)25-32-15-37(35-25)20-10-12-21(13-11-20)38-27(29,30)31/h3-15,17,25,35H,16H2,1-2H3/b33-14+,34-26-. The summed E-state index contributed by atoms with van der Waals surface area (Å²) in [5, 5.41) is 10.9. The highest BCUT2D eigenvalue weighted by atomic mass is 32.2. The number of hydrogen-bond donors (Lipinski definition) is 1. The van der Waals surface area contributed by atoms with Crippen molar-refractivity contribution in [3.05, 3.63) is 89.2 Å². The lowest BCUT2D eigenvalue weighted by Crippen LogP contribution is -2.39. The summed E-state index contributed by atoms with van der Waals surface area (Å²) in [6, 6.07) is 18.1. The quantitative estimate of drug-likeness (QED) is 0.197. The zero-order valence-electron chi connectivity index (χ0n) is 20.9. The summed E-state index contributed by atoms with van der Waals surface area (Å²) in [7, 11) is 0. The monoisotopic (exact) mass is 556 g/mol. The molecule has 5 rings (SSSR count). The minimum atomic E-state index is -4.74. The first-order chi connectivity index (χ1) is 18.7. The highest BCUT2D eigenvalue weighted by Crippen LogP contribution is 2.37. The van der Waals surface area contributed by atoms with E-state index in [1.807, 2.05) is 49.1 Å². The molecule has 0 amide bonds. The lowest BCUT2D eigenvalue weighted by Gasteiger charge is -2.35. The topological polar surface area (TPSA) is 64.8 Å². The van der Waals surface area contributed by atoms with Crippen molar-refractivity contribution < 1.29 is 22.3 Å². The van der Waals surface area contributed by atoms with E-state index in [-0.39, 0.29) is 23.7 Å². The van der Waals surface area contributed by atoms with Crippen LogP contribution in [0.2, 0.25) is 0 Å². The third kappa shape index (κ3) is 6.23. The van der Waals surface area contributed by atoms with Crippen molar-refractivity contribution in [1.29, 1.82) is 0 Å². The summed E-state index contributed by atoms with van der Waals surface area (Å²) >= 11 is 1.54. The second-order valence-electron chi connectivity index (χ2n) is 9.03. The van der Waals surface area contributed by atoms with E-state index in [1.54, 1.807) is 35.4 Å². The van der Waals surface area contributed by atoms with Gasteiger partial charge in [-0.25, -0.2) is 9.38 Å². The molecule has 3 aromatic carbocycles. The van der Waals surface area contributed by atoms with Gasteiger partial charge in [0.1, 0.15) is 24.1 Å². The largest absolute Gasteiger partial charge is 0.573 e. The molecule has 1 saturated heterocycles.